The van der Waals surface area contributed by atoms with E-state index in [1.807, 2.05) is 0 Å². The maximum Gasteiger partial charge on any atom is 0.413 e. The lowest BCUT2D eigenvalue weighted by Crippen LogP contribution is -2.31. The molecule has 0 aliphatic rings. The van der Waals surface area contributed by atoms with Crippen LogP contribution in [0.1, 0.15) is 0 Å². The van der Waals surface area contributed by atoms with Gasteiger partial charge in [-0.3, -0.25) is 5.32 Å². The summed E-state index contributed by atoms with van der Waals surface area (Å²) in [4.78, 5) is 11.4. The number of nitrogens with zero attached hydrogens (tertiary/aromatic N) is 1. The van der Waals surface area contributed by atoms with Crippen molar-refractivity contribution in [1.29, 1.82) is 5.26 Å². The molecule has 1 N–H and O–H groups in total. The highest BCUT2D eigenvalue weighted by atomic mass is 35.6. The Kier molecular flexibility index (Phi) is 4.88. The molecule has 90 valence electrons. The van der Waals surface area contributed by atoms with E-state index < -0.39 is 16.0 Å². The minimum Gasteiger partial charge on any atom is -0.426 e. The number of halogens is 3. The quantitative estimate of drug-likeness (QED) is 0.849. The van der Waals surface area contributed by atoms with Crippen molar-refractivity contribution in [1.82, 2.24) is 0 Å². The molecule has 0 aliphatic heterocycles. The van der Waals surface area contributed by atoms with E-state index in [4.69, 9.17) is 40.1 Å². The first kappa shape index (κ1) is 13.9. The topological polar surface area (TPSA) is 62.1 Å². The van der Waals surface area contributed by atoms with Crippen LogP contribution in [-0.4, -0.2) is 16.0 Å². The van der Waals surface area contributed by atoms with E-state index in [9.17, 15) is 4.79 Å². The van der Waals surface area contributed by atoms with Gasteiger partial charge in [-0.1, -0.05) is 53.0 Å². The molecule has 7 heteroatoms. The van der Waals surface area contributed by atoms with Crippen LogP contribution >= 0.6 is 34.8 Å². The van der Waals surface area contributed by atoms with Gasteiger partial charge in [-0.15, -0.1) is 0 Å². The number of carbonyl (C=O) groups excluding carboxylic acids is 1. The zero-order valence-corrected chi connectivity index (χ0v) is 10.6. The van der Waals surface area contributed by atoms with Crippen LogP contribution in [0.3, 0.4) is 0 Å². The second kappa shape index (κ2) is 5.97. The summed E-state index contributed by atoms with van der Waals surface area (Å²) in [5, 5.41) is 11.1. The average molecular weight is 294 g/mol. The molecule has 17 heavy (non-hydrogen) atoms. The third-order valence-electron chi connectivity index (χ3n) is 1.66. The first-order chi connectivity index (χ1) is 7.93. The third-order valence-corrected chi connectivity index (χ3v) is 2.25. The van der Waals surface area contributed by atoms with Gasteiger partial charge in [-0.05, 0) is 12.1 Å². The molecule has 4 nitrogen and oxygen atoms in total. The normalized spacial score (nSPS) is 12.4. The molecular weight excluding hydrogens is 286 g/mol. The molecule has 0 spiro atoms. The first-order valence-electron chi connectivity index (χ1n) is 4.42. The molecule has 1 aromatic carbocycles. The first-order valence-corrected chi connectivity index (χ1v) is 5.56. The van der Waals surface area contributed by atoms with Gasteiger partial charge in [0.1, 0.15) is 6.07 Å². The highest BCUT2D eigenvalue weighted by molar-refractivity contribution is 6.68. The van der Waals surface area contributed by atoms with Gasteiger partial charge in [0.25, 0.3) is 0 Å². The van der Waals surface area contributed by atoms with Crippen molar-refractivity contribution in [3.63, 3.8) is 0 Å². The largest absolute Gasteiger partial charge is 0.426 e. The summed E-state index contributed by atoms with van der Waals surface area (Å²) in [6.45, 7) is 0. The van der Waals surface area contributed by atoms with E-state index in [0.29, 0.717) is 5.69 Å². The van der Waals surface area contributed by atoms with Crippen LogP contribution in [0.25, 0.3) is 0 Å². The number of hydrogen-bond acceptors (Lipinski definition) is 3. The summed E-state index contributed by atoms with van der Waals surface area (Å²) < 4.78 is 2.68. The molecule has 1 rings (SSSR count). The molecule has 0 radical (unpaired) electrons. The number of para-hydroxylation sites is 1. The molecule has 1 aromatic rings. The van der Waals surface area contributed by atoms with E-state index in [2.05, 4.69) is 10.1 Å². The van der Waals surface area contributed by atoms with Crippen molar-refractivity contribution in [2.45, 2.75) is 9.90 Å². The molecule has 0 aliphatic carbocycles. The Hall–Kier alpha value is -1.15. The Morgan fingerprint density at radius 2 is 1.94 bits per heavy atom. The van der Waals surface area contributed by atoms with Crippen LogP contribution in [-0.2, 0) is 4.74 Å². The second-order valence-electron chi connectivity index (χ2n) is 2.95. The van der Waals surface area contributed by atoms with E-state index in [1.54, 1.807) is 36.4 Å². The molecule has 1 amide bonds. The highest BCUT2D eigenvalue weighted by Crippen LogP contribution is 2.32. The van der Waals surface area contributed by atoms with Crippen molar-refractivity contribution < 1.29 is 9.53 Å². The Balaban J connectivity index is 2.59. The van der Waals surface area contributed by atoms with Gasteiger partial charge in [0, 0.05) is 5.69 Å². The number of nitrogens with one attached hydrogen (secondary N) is 1. The van der Waals surface area contributed by atoms with Crippen LogP contribution in [0.5, 0.6) is 0 Å². The molecule has 0 saturated heterocycles. The summed E-state index contributed by atoms with van der Waals surface area (Å²) in [7, 11) is 0. The lowest BCUT2D eigenvalue weighted by molar-refractivity contribution is 0.138. The number of alkyl halides is 3. The molecule has 0 fully saturated rings. The van der Waals surface area contributed by atoms with Gasteiger partial charge >= 0.3 is 6.09 Å². The van der Waals surface area contributed by atoms with Crippen molar-refractivity contribution in [3.8, 4) is 6.07 Å². The van der Waals surface area contributed by atoms with Gasteiger partial charge in [0.2, 0.25) is 9.90 Å². The summed E-state index contributed by atoms with van der Waals surface area (Å²) >= 11 is 16.3. The van der Waals surface area contributed by atoms with Crippen molar-refractivity contribution >= 4 is 46.6 Å². The number of amides is 1. The van der Waals surface area contributed by atoms with E-state index in [-0.39, 0.29) is 0 Å². The fourth-order valence-electron chi connectivity index (χ4n) is 0.942. The molecule has 1 atom stereocenters. The second-order valence-corrected chi connectivity index (χ2v) is 5.32. The molecule has 0 aromatic heterocycles. The summed E-state index contributed by atoms with van der Waals surface area (Å²) in [6.07, 6.45) is -2.34. The third kappa shape index (κ3) is 4.70. The summed E-state index contributed by atoms with van der Waals surface area (Å²) in [5.74, 6) is 0. The Morgan fingerprint density at radius 1 is 1.35 bits per heavy atom. The number of hydrogen-bond donors (Lipinski definition) is 1. The number of rotatable bonds is 2. The summed E-state index contributed by atoms with van der Waals surface area (Å²) in [5.41, 5.74) is 0.513. The van der Waals surface area contributed by atoms with E-state index >= 15 is 0 Å². The fourth-order valence-corrected chi connectivity index (χ4v) is 1.22. The smallest absolute Gasteiger partial charge is 0.413 e. The highest BCUT2D eigenvalue weighted by Gasteiger charge is 2.36. The van der Waals surface area contributed by atoms with Crippen LogP contribution in [0, 0.1) is 11.3 Å². The zero-order valence-electron chi connectivity index (χ0n) is 8.36. The number of anilines is 1. The minimum atomic E-state index is -1.98. The Morgan fingerprint density at radius 3 is 2.41 bits per heavy atom. The fraction of sp³-hybridized carbons (Fsp3) is 0.200. The maximum absolute atomic E-state index is 11.4. The predicted octanol–water partition coefficient (Wildman–Crippen LogP) is 3.50. The summed E-state index contributed by atoms with van der Waals surface area (Å²) in [6, 6.07) is 10.1. The Labute approximate surface area is 113 Å². The van der Waals surface area contributed by atoms with Crippen LogP contribution in [0.4, 0.5) is 10.5 Å². The average Bonchev–Trinajstić information content (AvgIpc) is 2.25. The van der Waals surface area contributed by atoms with Gasteiger partial charge in [-0.25, -0.2) is 4.79 Å². The Bertz CT molecular complexity index is 425. The van der Waals surface area contributed by atoms with Gasteiger partial charge < -0.3 is 4.74 Å². The van der Waals surface area contributed by atoms with Gasteiger partial charge in [0.15, 0.2) is 0 Å². The van der Waals surface area contributed by atoms with Gasteiger partial charge in [-0.2, -0.15) is 5.26 Å². The molecule has 0 heterocycles. The van der Waals surface area contributed by atoms with Crippen LogP contribution in [0.15, 0.2) is 30.3 Å². The van der Waals surface area contributed by atoms with Crippen molar-refractivity contribution in [3.05, 3.63) is 30.3 Å². The molecule has 0 bridgehead atoms. The van der Waals surface area contributed by atoms with E-state index in [1.165, 1.54) is 0 Å². The standard InChI is InChI=1S/C10H7Cl3N2O2/c11-10(12,13)8(6-14)17-9(16)15-7-4-2-1-3-5-7/h1-5,8H,(H,15,16). The monoisotopic (exact) mass is 292 g/mol. The van der Waals surface area contributed by atoms with Crippen LogP contribution < -0.4 is 5.32 Å². The SMILES string of the molecule is N#CC(OC(=O)Nc1ccccc1)C(Cl)(Cl)Cl. The lowest BCUT2D eigenvalue weighted by atomic mass is 10.3. The maximum atomic E-state index is 11.4. The van der Waals surface area contributed by atoms with Gasteiger partial charge in [0.05, 0.1) is 0 Å². The molecular formula is C10H7Cl3N2O2. The number of ether oxygens (including phenoxy) is 1. The zero-order chi connectivity index (χ0) is 12.9. The van der Waals surface area contributed by atoms with Crippen molar-refractivity contribution in [2.75, 3.05) is 5.32 Å². The van der Waals surface area contributed by atoms with Crippen molar-refractivity contribution in [2.24, 2.45) is 0 Å². The number of benzene rings is 1. The minimum absolute atomic E-state index is 0.513. The number of carbonyl (C=O) groups is 1. The molecule has 0 saturated carbocycles. The lowest BCUT2D eigenvalue weighted by Gasteiger charge is -2.18. The van der Waals surface area contributed by atoms with E-state index in [0.717, 1.165) is 0 Å². The predicted molar refractivity (Wildman–Crippen MR) is 66.2 cm³/mol. The number of nitriles is 1. The molecule has 1 unspecified atom stereocenters. The van der Waals surface area contributed by atoms with Crippen LogP contribution in [0.2, 0.25) is 0 Å².